The van der Waals surface area contributed by atoms with Gasteiger partial charge in [-0.25, -0.2) is 9.48 Å². The molecule has 2 aromatic carbocycles. The van der Waals surface area contributed by atoms with Gasteiger partial charge < -0.3 is 19.3 Å². The number of methoxy groups -OCH3 is 1. The lowest BCUT2D eigenvalue weighted by atomic mass is 10.0. The maximum atomic E-state index is 11.9. The van der Waals surface area contributed by atoms with Gasteiger partial charge in [0.2, 0.25) is 0 Å². The highest BCUT2D eigenvalue weighted by Gasteiger charge is 2.53. The summed E-state index contributed by atoms with van der Waals surface area (Å²) in [4.78, 5) is 2.20. The van der Waals surface area contributed by atoms with E-state index in [0.717, 1.165) is 54.4 Å². The fraction of sp³-hybridized carbons (Fsp3) is 0.409. The van der Waals surface area contributed by atoms with Crippen LogP contribution in [0.25, 0.3) is 0 Å². The molecular formula is C22H25N2O4+. The van der Waals surface area contributed by atoms with Crippen molar-refractivity contribution in [1.82, 2.24) is 0 Å². The van der Waals surface area contributed by atoms with Crippen molar-refractivity contribution >= 4 is 11.5 Å². The van der Waals surface area contributed by atoms with Crippen LogP contribution < -0.4 is 19.1 Å². The lowest BCUT2D eigenvalue weighted by Gasteiger charge is -2.26. The number of benzene rings is 2. The van der Waals surface area contributed by atoms with Crippen LogP contribution in [0.15, 0.2) is 42.5 Å². The Hall–Kier alpha value is -2.73. The second kappa shape index (κ2) is 6.71. The van der Waals surface area contributed by atoms with Crippen LogP contribution in [0.2, 0.25) is 0 Å². The lowest BCUT2D eigenvalue weighted by Crippen LogP contribution is -2.41. The van der Waals surface area contributed by atoms with Crippen LogP contribution in [0.3, 0.4) is 0 Å². The van der Waals surface area contributed by atoms with E-state index in [0.29, 0.717) is 25.5 Å². The molecule has 1 unspecified atom stereocenters. The standard InChI is InChI=1S/C22H25N2O4/c1-26-18-7-3-2-6-17(18)23-15-22(25,24-11-5-4-8-21(23)24)16-9-10-19-20(14-16)28-13-12-27-19/h2-3,6-7,9-10,14,25H,4-5,8,11-13,15H2,1H3/q+1. The van der Waals surface area contributed by atoms with E-state index in [1.165, 1.54) is 0 Å². The zero-order valence-electron chi connectivity index (χ0n) is 16.1. The normalized spacial score (nSPS) is 23.6. The molecule has 0 saturated carbocycles. The van der Waals surface area contributed by atoms with Crippen molar-refractivity contribution in [2.75, 3.05) is 38.3 Å². The van der Waals surface area contributed by atoms with Crippen LogP contribution in [0.1, 0.15) is 24.8 Å². The number of ether oxygens (including phenoxy) is 3. The van der Waals surface area contributed by atoms with Gasteiger partial charge in [0.1, 0.15) is 13.2 Å². The third-order valence-corrected chi connectivity index (χ3v) is 5.86. The first-order chi connectivity index (χ1) is 13.7. The Kier molecular flexibility index (Phi) is 4.16. The minimum absolute atomic E-state index is 0.447. The van der Waals surface area contributed by atoms with Crippen molar-refractivity contribution in [3.05, 3.63) is 48.0 Å². The van der Waals surface area contributed by atoms with Gasteiger partial charge in [-0.2, -0.15) is 0 Å². The Morgan fingerprint density at radius 1 is 1.07 bits per heavy atom. The van der Waals surface area contributed by atoms with E-state index in [9.17, 15) is 5.11 Å². The second-order valence-corrected chi connectivity index (χ2v) is 7.46. The lowest BCUT2D eigenvalue weighted by molar-refractivity contribution is -0.661. The van der Waals surface area contributed by atoms with Gasteiger partial charge in [0.25, 0.3) is 11.6 Å². The number of β-amino-alcohol motifs (C(OH)–C–C–N with tert-alkyl or cyclic N) is 1. The van der Waals surface area contributed by atoms with Crippen molar-refractivity contribution in [1.29, 1.82) is 0 Å². The highest BCUT2D eigenvalue weighted by molar-refractivity contribution is 5.97. The maximum Gasteiger partial charge on any atom is 0.271 e. The number of nitrogens with zero attached hydrogens (tertiary/aromatic N) is 2. The maximum absolute atomic E-state index is 11.9. The summed E-state index contributed by atoms with van der Waals surface area (Å²) >= 11 is 0. The zero-order chi connectivity index (χ0) is 19.1. The van der Waals surface area contributed by atoms with Crippen LogP contribution in [0.4, 0.5) is 5.69 Å². The molecule has 1 N–H and O–H groups in total. The van der Waals surface area contributed by atoms with Gasteiger partial charge >= 0.3 is 0 Å². The van der Waals surface area contributed by atoms with Crippen LogP contribution in [0.5, 0.6) is 17.2 Å². The Morgan fingerprint density at radius 3 is 2.75 bits per heavy atom. The molecule has 0 saturated heterocycles. The fourth-order valence-corrected chi connectivity index (χ4v) is 4.51. The molecular weight excluding hydrogens is 356 g/mol. The van der Waals surface area contributed by atoms with Crippen molar-refractivity contribution in [3.8, 4) is 17.2 Å². The van der Waals surface area contributed by atoms with E-state index in [4.69, 9.17) is 14.2 Å². The highest BCUT2D eigenvalue weighted by atomic mass is 16.6. The molecule has 3 aliphatic heterocycles. The van der Waals surface area contributed by atoms with Crippen molar-refractivity contribution in [3.63, 3.8) is 0 Å². The van der Waals surface area contributed by atoms with E-state index < -0.39 is 5.72 Å². The molecule has 146 valence electrons. The number of rotatable bonds is 3. The number of para-hydroxylation sites is 2. The second-order valence-electron chi connectivity index (χ2n) is 7.46. The van der Waals surface area contributed by atoms with Gasteiger partial charge in [-0.1, -0.05) is 12.1 Å². The van der Waals surface area contributed by atoms with Crippen LogP contribution >= 0.6 is 0 Å². The number of amidine groups is 1. The van der Waals surface area contributed by atoms with E-state index in [1.807, 2.05) is 42.5 Å². The summed E-state index contributed by atoms with van der Waals surface area (Å²) in [6, 6.07) is 13.8. The average Bonchev–Trinajstić information content (AvgIpc) is 3.07. The molecule has 6 heteroatoms. The molecule has 6 nitrogen and oxygen atoms in total. The molecule has 0 fully saturated rings. The molecule has 0 bridgehead atoms. The molecule has 0 radical (unpaired) electrons. The number of aliphatic hydroxyl groups is 1. The number of fused-ring (bicyclic) bond motifs is 1. The van der Waals surface area contributed by atoms with Crippen LogP contribution in [-0.4, -0.2) is 48.9 Å². The largest absolute Gasteiger partial charge is 0.492 e. The summed E-state index contributed by atoms with van der Waals surface area (Å²) in [6.45, 7) is 2.36. The Morgan fingerprint density at radius 2 is 1.89 bits per heavy atom. The van der Waals surface area contributed by atoms with E-state index in [1.54, 1.807) is 7.11 Å². The smallest absolute Gasteiger partial charge is 0.271 e. The summed E-state index contributed by atoms with van der Waals surface area (Å²) in [5.41, 5.74) is 0.695. The molecule has 3 aliphatic rings. The van der Waals surface area contributed by atoms with Gasteiger partial charge in [0, 0.05) is 12.0 Å². The Balaban J connectivity index is 1.60. The van der Waals surface area contributed by atoms with E-state index in [2.05, 4.69) is 9.48 Å². The molecule has 2 aromatic rings. The number of hydrogen-bond donors (Lipinski definition) is 1. The molecule has 0 aromatic heterocycles. The molecule has 0 amide bonds. The number of anilines is 1. The monoisotopic (exact) mass is 381 g/mol. The summed E-state index contributed by atoms with van der Waals surface area (Å²) in [6.07, 6.45) is 3.12. The molecule has 0 aliphatic carbocycles. The minimum atomic E-state index is -1.12. The van der Waals surface area contributed by atoms with Crippen molar-refractivity contribution in [2.45, 2.75) is 25.0 Å². The van der Waals surface area contributed by atoms with Crippen molar-refractivity contribution < 1.29 is 23.9 Å². The fourth-order valence-electron chi connectivity index (χ4n) is 4.51. The van der Waals surface area contributed by atoms with Gasteiger partial charge in [0.15, 0.2) is 29.5 Å². The predicted octanol–water partition coefficient (Wildman–Crippen LogP) is 2.73. The molecule has 3 heterocycles. The van der Waals surface area contributed by atoms with Crippen molar-refractivity contribution in [2.24, 2.45) is 0 Å². The third kappa shape index (κ3) is 2.63. The first kappa shape index (κ1) is 17.4. The predicted molar refractivity (Wildman–Crippen MR) is 106 cm³/mol. The Labute approximate surface area is 164 Å². The minimum Gasteiger partial charge on any atom is -0.492 e. The third-order valence-electron chi connectivity index (χ3n) is 5.86. The van der Waals surface area contributed by atoms with Gasteiger partial charge in [0.05, 0.1) is 13.7 Å². The summed E-state index contributed by atoms with van der Waals surface area (Å²) in [7, 11) is 1.69. The van der Waals surface area contributed by atoms with E-state index in [-0.39, 0.29) is 0 Å². The summed E-state index contributed by atoms with van der Waals surface area (Å²) < 4.78 is 19.1. The zero-order valence-corrected chi connectivity index (χ0v) is 16.1. The molecule has 0 spiro atoms. The average molecular weight is 381 g/mol. The molecule has 28 heavy (non-hydrogen) atoms. The summed E-state index contributed by atoms with van der Waals surface area (Å²) in [5.74, 6) is 3.40. The molecule has 1 atom stereocenters. The Bertz CT molecular complexity index is 942. The SMILES string of the molecule is COc1ccccc1N1CC(O)(c2ccc3c(c2)OCCO3)[N+]2=C1CCCC2. The highest BCUT2D eigenvalue weighted by Crippen LogP contribution is 2.41. The quantitative estimate of drug-likeness (QED) is 0.829. The van der Waals surface area contributed by atoms with Gasteiger partial charge in [-0.15, -0.1) is 0 Å². The van der Waals surface area contributed by atoms with Gasteiger partial charge in [-0.3, -0.25) is 0 Å². The number of hydrogen-bond acceptors (Lipinski definition) is 5. The first-order valence-corrected chi connectivity index (χ1v) is 9.87. The first-order valence-electron chi connectivity index (χ1n) is 9.87. The van der Waals surface area contributed by atoms with Gasteiger partial charge in [-0.05, 0) is 43.2 Å². The molecule has 5 rings (SSSR count). The van der Waals surface area contributed by atoms with Crippen LogP contribution in [-0.2, 0) is 5.72 Å². The topological polar surface area (TPSA) is 54.2 Å². The summed E-state index contributed by atoms with van der Waals surface area (Å²) in [5, 5.41) is 11.9. The van der Waals surface area contributed by atoms with E-state index >= 15 is 0 Å². The van der Waals surface area contributed by atoms with Crippen LogP contribution in [0, 0.1) is 0 Å².